The van der Waals surface area contributed by atoms with Crippen LogP contribution in [0.25, 0.3) is 0 Å². The second kappa shape index (κ2) is 7.54. The lowest BCUT2D eigenvalue weighted by Crippen LogP contribution is -2.38. The number of hydrogen-bond acceptors (Lipinski definition) is 3. The molecule has 1 aromatic rings. The van der Waals surface area contributed by atoms with Crippen molar-refractivity contribution in [2.75, 3.05) is 27.2 Å². The summed E-state index contributed by atoms with van der Waals surface area (Å²) in [5.41, 5.74) is 0.716. The second-order valence-electron chi connectivity index (χ2n) is 4.23. The molecule has 19 heavy (non-hydrogen) atoms. The zero-order valence-corrected chi connectivity index (χ0v) is 12.0. The zero-order chi connectivity index (χ0) is 14.3. The number of benzene rings is 1. The molecule has 0 heterocycles. The molecule has 1 rings (SSSR count). The fourth-order valence-electron chi connectivity index (χ4n) is 1.49. The van der Waals surface area contributed by atoms with Crippen molar-refractivity contribution < 1.29 is 12.8 Å². The van der Waals surface area contributed by atoms with Gasteiger partial charge in [0.15, 0.2) is 0 Å². The van der Waals surface area contributed by atoms with E-state index in [1.54, 1.807) is 12.1 Å². The largest absolute Gasteiger partial charge is 0.320 e. The molecule has 0 bridgehead atoms. The van der Waals surface area contributed by atoms with Crippen LogP contribution in [0.4, 0.5) is 4.39 Å². The molecule has 0 fully saturated rings. The van der Waals surface area contributed by atoms with Gasteiger partial charge in [0.2, 0.25) is 0 Å². The Bertz CT molecular complexity index is 476. The molecule has 108 valence electrons. The maximum atomic E-state index is 12.7. The maximum absolute atomic E-state index is 12.7. The Hall–Kier alpha value is -1.02. The van der Waals surface area contributed by atoms with Crippen LogP contribution in [0.1, 0.15) is 12.0 Å². The standard InChI is InChI=1S/C12H20FN3O2S/c1-14-8-3-9-16(2)19(17,18)15-10-11-4-6-12(13)7-5-11/h4-7,14-15H,3,8-10H2,1-2H3. The summed E-state index contributed by atoms with van der Waals surface area (Å²) in [6.45, 7) is 1.36. The van der Waals surface area contributed by atoms with E-state index in [1.165, 1.54) is 23.5 Å². The fourth-order valence-corrected chi connectivity index (χ4v) is 2.42. The van der Waals surface area contributed by atoms with Crippen molar-refractivity contribution in [3.05, 3.63) is 35.6 Å². The molecule has 2 N–H and O–H groups in total. The van der Waals surface area contributed by atoms with Crippen molar-refractivity contribution in [1.29, 1.82) is 0 Å². The van der Waals surface area contributed by atoms with Gasteiger partial charge >= 0.3 is 0 Å². The summed E-state index contributed by atoms with van der Waals surface area (Å²) in [4.78, 5) is 0. The van der Waals surface area contributed by atoms with Crippen molar-refractivity contribution in [2.45, 2.75) is 13.0 Å². The summed E-state index contributed by atoms with van der Waals surface area (Å²) in [6.07, 6.45) is 0.741. The van der Waals surface area contributed by atoms with Gasteiger partial charge in [-0.15, -0.1) is 0 Å². The highest BCUT2D eigenvalue weighted by atomic mass is 32.2. The van der Waals surface area contributed by atoms with Crippen LogP contribution in [-0.2, 0) is 16.8 Å². The summed E-state index contributed by atoms with van der Waals surface area (Å²) >= 11 is 0. The van der Waals surface area contributed by atoms with Crippen LogP contribution in [0, 0.1) is 5.82 Å². The maximum Gasteiger partial charge on any atom is 0.279 e. The fraction of sp³-hybridized carbons (Fsp3) is 0.500. The van der Waals surface area contributed by atoms with Gasteiger partial charge in [0, 0.05) is 20.1 Å². The van der Waals surface area contributed by atoms with Crippen LogP contribution >= 0.6 is 0 Å². The molecule has 0 amide bonds. The van der Waals surface area contributed by atoms with E-state index in [9.17, 15) is 12.8 Å². The van der Waals surface area contributed by atoms with Gasteiger partial charge in [-0.1, -0.05) is 12.1 Å². The molecular formula is C12H20FN3O2S. The van der Waals surface area contributed by atoms with Crippen molar-refractivity contribution in [2.24, 2.45) is 0 Å². The molecule has 1 aromatic carbocycles. The Morgan fingerprint density at radius 2 is 1.89 bits per heavy atom. The highest BCUT2D eigenvalue weighted by molar-refractivity contribution is 7.87. The number of rotatable bonds is 8. The molecule has 0 atom stereocenters. The Morgan fingerprint density at radius 1 is 1.26 bits per heavy atom. The average Bonchev–Trinajstić information content (AvgIpc) is 2.38. The summed E-state index contributed by atoms with van der Waals surface area (Å²) < 4.78 is 40.2. The first kappa shape index (κ1) is 16.0. The summed E-state index contributed by atoms with van der Waals surface area (Å²) in [5.74, 6) is -0.337. The lowest BCUT2D eigenvalue weighted by molar-refractivity contribution is 0.447. The van der Waals surface area contributed by atoms with Crippen LogP contribution < -0.4 is 10.0 Å². The van der Waals surface area contributed by atoms with Gasteiger partial charge in [-0.05, 0) is 37.7 Å². The first-order chi connectivity index (χ1) is 8.95. The number of hydrogen-bond donors (Lipinski definition) is 2. The minimum Gasteiger partial charge on any atom is -0.320 e. The number of nitrogens with zero attached hydrogens (tertiary/aromatic N) is 1. The molecular weight excluding hydrogens is 269 g/mol. The third-order valence-corrected chi connectivity index (χ3v) is 4.19. The molecule has 5 nitrogen and oxygen atoms in total. The van der Waals surface area contributed by atoms with Gasteiger partial charge in [0.1, 0.15) is 5.82 Å². The normalized spacial score (nSPS) is 12.0. The van der Waals surface area contributed by atoms with Gasteiger partial charge in [-0.25, -0.2) is 4.39 Å². The predicted octanol–water partition coefficient (Wildman–Crippen LogP) is 0.701. The quantitative estimate of drug-likeness (QED) is 0.693. The highest BCUT2D eigenvalue weighted by Gasteiger charge is 2.16. The SMILES string of the molecule is CNCCCN(C)S(=O)(=O)NCc1ccc(F)cc1. The van der Waals surface area contributed by atoms with E-state index in [4.69, 9.17) is 0 Å². The van der Waals surface area contributed by atoms with Gasteiger partial charge < -0.3 is 5.32 Å². The van der Waals surface area contributed by atoms with E-state index in [2.05, 4.69) is 10.0 Å². The topological polar surface area (TPSA) is 61.4 Å². The van der Waals surface area contributed by atoms with Crippen LogP contribution in [-0.4, -0.2) is 39.9 Å². The van der Waals surface area contributed by atoms with Gasteiger partial charge in [-0.3, -0.25) is 0 Å². The molecule has 0 saturated carbocycles. The van der Waals surface area contributed by atoms with Crippen LogP contribution in [0.15, 0.2) is 24.3 Å². The molecule has 0 aliphatic heterocycles. The molecule has 0 aliphatic rings. The summed E-state index contributed by atoms with van der Waals surface area (Å²) in [7, 11) is -0.136. The van der Waals surface area contributed by atoms with E-state index >= 15 is 0 Å². The molecule has 0 saturated heterocycles. The third-order valence-electron chi connectivity index (χ3n) is 2.68. The lowest BCUT2D eigenvalue weighted by Gasteiger charge is -2.17. The third kappa shape index (κ3) is 5.65. The zero-order valence-electron chi connectivity index (χ0n) is 11.2. The number of halogens is 1. The smallest absolute Gasteiger partial charge is 0.279 e. The second-order valence-corrected chi connectivity index (χ2v) is 6.09. The Labute approximate surface area is 114 Å². The van der Waals surface area contributed by atoms with Gasteiger partial charge in [-0.2, -0.15) is 17.4 Å². The van der Waals surface area contributed by atoms with E-state index < -0.39 is 10.2 Å². The average molecular weight is 289 g/mol. The van der Waals surface area contributed by atoms with E-state index in [-0.39, 0.29) is 12.4 Å². The minimum atomic E-state index is -3.49. The van der Waals surface area contributed by atoms with Crippen molar-refractivity contribution in [1.82, 2.24) is 14.3 Å². The summed E-state index contributed by atoms with van der Waals surface area (Å²) in [6, 6.07) is 5.72. The Balaban J connectivity index is 2.47. The molecule has 0 radical (unpaired) electrons. The highest BCUT2D eigenvalue weighted by Crippen LogP contribution is 2.04. The molecule has 7 heteroatoms. The van der Waals surface area contributed by atoms with Crippen LogP contribution in [0.5, 0.6) is 0 Å². The van der Waals surface area contributed by atoms with Gasteiger partial charge in [0.25, 0.3) is 10.2 Å². The van der Waals surface area contributed by atoms with Crippen molar-refractivity contribution in [3.8, 4) is 0 Å². The summed E-state index contributed by atoms with van der Waals surface area (Å²) in [5, 5.41) is 2.96. The molecule has 0 spiro atoms. The van der Waals surface area contributed by atoms with E-state index in [1.807, 2.05) is 7.05 Å². The molecule has 0 aliphatic carbocycles. The minimum absolute atomic E-state index is 0.152. The van der Waals surface area contributed by atoms with E-state index in [0.717, 1.165) is 13.0 Å². The first-order valence-corrected chi connectivity index (χ1v) is 7.49. The number of nitrogens with one attached hydrogen (secondary N) is 2. The van der Waals surface area contributed by atoms with Gasteiger partial charge in [0.05, 0.1) is 0 Å². The molecule has 0 unspecified atom stereocenters. The lowest BCUT2D eigenvalue weighted by atomic mass is 10.2. The van der Waals surface area contributed by atoms with Crippen molar-refractivity contribution >= 4 is 10.2 Å². The Morgan fingerprint density at radius 3 is 2.47 bits per heavy atom. The van der Waals surface area contributed by atoms with E-state index in [0.29, 0.717) is 12.1 Å². The van der Waals surface area contributed by atoms with Crippen molar-refractivity contribution in [3.63, 3.8) is 0 Å². The first-order valence-electron chi connectivity index (χ1n) is 6.05. The monoisotopic (exact) mass is 289 g/mol. The Kier molecular flexibility index (Phi) is 6.36. The van der Waals surface area contributed by atoms with Crippen LogP contribution in [0.2, 0.25) is 0 Å². The predicted molar refractivity (Wildman–Crippen MR) is 73.3 cm³/mol. The van der Waals surface area contributed by atoms with Crippen LogP contribution in [0.3, 0.4) is 0 Å². The molecule has 0 aromatic heterocycles.